The Morgan fingerprint density at radius 2 is 0.696 bits per heavy atom. The highest BCUT2D eigenvalue weighted by atomic mass is 28.3. The third-order valence-corrected chi connectivity index (χ3v) is 5.07. The van der Waals surface area contributed by atoms with Gasteiger partial charge in [0.15, 0.2) is 0 Å². The van der Waals surface area contributed by atoms with Crippen LogP contribution in [0.1, 0.15) is 0 Å². The lowest BCUT2D eigenvalue weighted by molar-refractivity contribution is -0.434. The summed E-state index contributed by atoms with van der Waals surface area (Å²) in [6.07, 6.45) is -7.37. The standard InChI is InChI=1S/C9H9F13Si/c1-23(2,3)9(21,22)7(16,17)5(12,13)4(10,11)6(14,15)8(18,19)20/h1-3H3. The van der Waals surface area contributed by atoms with Crippen LogP contribution in [0.4, 0.5) is 57.1 Å². The van der Waals surface area contributed by atoms with E-state index in [4.69, 9.17) is 0 Å². The molecule has 23 heavy (non-hydrogen) atoms. The molecular weight excluding hydrogens is 383 g/mol. The van der Waals surface area contributed by atoms with Gasteiger partial charge in [-0.2, -0.15) is 48.3 Å². The van der Waals surface area contributed by atoms with Gasteiger partial charge in [0.05, 0.1) is 0 Å². The molecule has 14 heteroatoms. The molecule has 0 saturated heterocycles. The lowest BCUT2D eigenvalue weighted by atomic mass is 9.98. The van der Waals surface area contributed by atoms with E-state index in [1.165, 1.54) is 0 Å². The first kappa shape index (κ1) is 22.3. The van der Waals surface area contributed by atoms with E-state index >= 15 is 0 Å². The minimum absolute atomic E-state index is 0.317. The van der Waals surface area contributed by atoms with Gasteiger partial charge >= 0.3 is 29.9 Å². The number of rotatable bonds is 5. The number of alkyl halides is 13. The Hall–Kier alpha value is -0.693. The Kier molecular flexibility index (Phi) is 4.99. The zero-order valence-electron chi connectivity index (χ0n) is 11.4. The lowest BCUT2D eigenvalue weighted by Crippen LogP contribution is -2.73. The van der Waals surface area contributed by atoms with Crippen molar-refractivity contribution in [3.63, 3.8) is 0 Å². The second-order valence-corrected chi connectivity index (χ2v) is 10.7. The maximum absolute atomic E-state index is 13.4. The zero-order chi connectivity index (χ0) is 19.5. The van der Waals surface area contributed by atoms with Gasteiger partial charge in [-0.15, -0.1) is 0 Å². The Balaban J connectivity index is 6.37. The van der Waals surface area contributed by atoms with Crippen molar-refractivity contribution < 1.29 is 57.1 Å². The summed E-state index contributed by atoms with van der Waals surface area (Å²) in [5, 5.41) is 0. The topological polar surface area (TPSA) is 0 Å². The molecule has 0 aromatic rings. The fourth-order valence-electron chi connectivity index (χ4n) is 1.24. The van der Waals surface area contributed by atoms with E-state index in [9.17, 15) is 57.1 Å². The van der Waals surface area contributed by atoms with Crippen molar-refractivity contribution >= 4 is 8.07 Å². The first-order valence-electron chi connectivity index (χ1n) is 5.46. The van der Waals surface area contributed by atoms with E-state index in [2.05, 4.69) is 0 Å². The molecule has 140 valence electrons. The molecule has 0 heterocycles. The second-order valence-electron chi connectivity index (χ2n) is 5.62. The first-order chi connectivity index (χ1) is 9.50. The molecule has 0 N–H and O–H groups in total. The monoisotopic (exact) mass is 392 g/mol. The number of hydrogen-bond acceptors (Lipinski definition) is 0. The molecule has 0 spiro atoms. The first-order valence-corrected chi connectivity index (χ1v) is 8.96. The van der Waals surface area contributed by atoms with Gasteiger partial charge in [-0.1, -0.05) is 19.6 Å². The highest BCUT2D eigenvalue weighted by Crippen LogP contribution is 2.61. The molecule has 0 fully saturated rings. The van der Waals surface area contributed by atoms with Crippen LogP contribution >= 0.6 is 0 Å². The zero-order valence-corrected chi connectivity index (χ0v) is 12.4. The molecule has 0 aromatic heterocycles. The summed E-state index contributed by atoms with van der Waals surface area (Å²) in [5.74, 6) is -30.3. The van der Waals surface area contributed by atoms with Gasteiger partial charge in [0.25, 0.3) is 5.55 Å². The number of hydrogen-bond donors (Lipinski definition) is 0. The van der Waals surface area contributed by atoms with Crippen molar-refractivity contribution in [2.45, 2.75) is 55.1 Å². The van der Waals surface area contributed by atoms with E-state index < -0.39 is 43.5 Å². The smallest absolute Gasteiger partial charge is 0.205 e. The van der Waals surface area contributed by atoms with Crippen molar-refractivity contribution in [3.05, 3.63) is 0 Å². The summed E-state index contributed by atoms with van der Waals surface area (Å²) in [6, 6.07) is 0. The molecule has 0 atom stereocenters. The fourth-order valence-corrected chi connectivity index (χ4v) is 2.34. The quantitative estimate of drug-likeness (QED) is 0.422. The summed E-state index contributed by atoms with van der Waals surface area (Å²) in [4.78, 5) is 0. The van der Waals surface area contributed by atoms with E-state index in [1.54, 1.807) is 0 Å². The minimum atomic E-state index is -7.81. The summed E-state index contributed by atoms with van der Waals surface area (Å²) in [6.45, 7) is 0.950. The van der Waals surface area contributed by atoms with Crippen LogP contribution in [0.25, 0.3) is 0 Å². The van der Waals surface area contributed by atoms with E-state index in [-0.39, 0.29) is 0 Å². The van der Waals surface area contributed by atoms with Gasteiger partial charge in [-0.3, -0.25) is 0 Å². The van der Waals surface area contributed by atoms with Crippen LogP contribution in [-0.2, 0) is 0 Å². The van der Waals surface area contributed by atoms with Crippen LogP contribution < -0.4 is 0 Å². The molecule has 0 saturated carbocycles. The van der Waals surface area contributed by atoms with Crippen LogP contribution in [-0.4, -0.2) is 43.5 Å². The fraction of sp³-hybridized carbons (Fsp3) is 1.00. The van der Waals surface area contributed by atoms with Gasteiger partial charge in [-0.25, -0.2) is 8.78 Å². The van der Waals surface area contributed by atoms with E-state index in [1.807, 2.05) is 0 Å². The molecule has 0 bridgehead atoms. The van der Waals surface area contributed by atoms with Gasteiger partial charge in [0.2, 0.25) is 0 Å². The molecule has 0 aromatic carbocycles. The SMILES string of the molecule is C[Si](C)(C)C(F)(F)C(F)(F)C(F)(F)C(F)(F)C(F)(F)C(F)(F)F. The van der Waals surface area contributed by atoms with Crippen LogP contribution in [0.3, 0.4) is 0 Å². The van der Waals surface area contributed by atoms with Gasteiger partial charge in [-0.05, 0) is 0 Å². The van der Waals surface area contributed by atoms with E-state index in [0.717, 1.165) is 0 Å². The number of halogens is 13. The van der Waals surface area contributed by atoms with Gasteiger partial charge in [0, 0.05) is 0 Å². The van der Waals surface area contributed by atoms with Crippen molar-refractivity contribution in [1.29, 1.82) is 0 Å². The molecular formula is C9H9F13Si. The highest BCUT2D eigenvalue weighted by Gasteiger charge is 2.91. The average molecular weight is 392 g/mol. The van der Waals surface area contributed by atoms with Gasteiger partial charge < -0.3 is 0 Å². The molecule has 0 radical (unpaired) electrons. The predicted molar refractivity (Wildman–Crippen MR) is 54.1 cm³/mol. The molecule has 0 aliphatic heterocycles. The van der Waals surface area contributed by atoms with Crippen LogP contribution in [0.5, 0.6) is 0 Å². The lowest BCUT2D eigenvalue weighted by Gasteiger charge is -2.43. The largest absolute Gasteiger partial charge is 0.460 e. The third kappa shape index (κ3) is 2.79. The van der Waals surface area contributed by atoms with Crippen LogP contribution in [0.15, 0.2) is 0 Å². The van der Waals surface area contributed by atoms with Crippen molar-refractivity contribution in [3.8, 4) is 0 Å². The predicted octanol–water partition coefficient (Wildman–Crippen LogP) is 5.60. The van der Waals surface area contributed by atoms with Crippen LogP contribution in [0.2, 0.25) is 19.6 Å². The maximum atomic E-state index is 13.4. The van der Waals surface area contributed by atoms with E-state index in [0.29, 0.717) is 19.6 Å². The summed E-state index contributed by atoms with van der Waals surface area (Å²) in [7, 11) is -4.74. The molecule has 0 amide bonds. The Labute approximate surface area is 121 Å². The van der Waals surface area contributed by atoms with Crippen LogP contribution in [0, 0.1) is 0 Å². The summed E-state index contributed by atoms with van der Waals surface area (Å²) in [5.41, 5.74) is -5.91. The Morgan fingerprint density at radius 1 is 0.435 bits per heavy atom. The van der Waals surface area contributed by atoms with Crippen molar-refractivity contribution in [2.24, 2.45) is 0 Å². The Bertz CT molecular complexity index is 401. The normalized spacial score (nSPS) is 16.7. The maximum Gasteiger partial charge on any atom is 0.460 e. The summed E-state index contributed by atoms with van der Waals surface area (Å²) >= 11 is 0. The minimum Gasteiger partial charge on any atom is -0.205 e. The molecule has 0 aliphatic carbocycles. The molecule has 0 rings (SSSR count). The molecule has 0 nitrogen and oxygen atoms in total. The van der Waals surface area contributed by atoms with Crippen molar-refractivity contribution in [2.75, 3.05) is 0 Å². The molecule has 0 aliphatic rings. The van der Waals surface area contributed by atoms with Crippen molar-refractivity contribution in [1.82, 2.24) is 0 Å². The second kappa shape index (κ2) is 5.15. The molecule has 0 unspecified atom stereocenters. The average Bonchev–Trinajstić information content (AvgIpc) is 2.24. The highest BCUT2D eigenvalue weighted by molar-refractivity contribution is 6.78. The van der Waals surface area contributed by atoms with Gasteiger partial charge in [0.1, 0.15) is 8.07 Å². The third-order valence-electron chi connectivity index (χ3n) is 2.88. The summed E-state index contributed by atoms with van der Waals surface area (Å²) < 4.78 is 166. The Morgan fingerprint density at radius 3 is 0.913 bits per heavy atom.